The highest BCUT2D eigenvalue weighted by Gasteiger charge is 2.24. The van der Waals surface area contributed by atoms with Crippen molar-refractivity contribution < 1.29 is 9.59 Å². The largest absolute Gasteiger partial charge is 0.371 e. The van der Waals surface area contributed by atoms with E-state index in [4.69, 9.17) is 0 Å². The van der Waals surface area contributed by atoms with Crippen molar-refractivity contribution in [2.24, 2.45) is 5.92 Å². The van der Waals surface area contributed by atoms with E-state index in [1.165, 1.54) is 12.1 Å². The highest BCUT2D eigenvalue weighted by molar-refractivity contribution is 5.90. The van der Waals surface area contributed by atoms with E-state index >= 15 is 0 Å². The SMILES string of the molecule is C[C@@H]1CCN(c2ccc(NC(=O)N[C@H]3CCC(=O)N(C)C3)cc2)C1. The maximum Gasteiger partial charge on any atom is 0.319 e. The van der Waals surface area contributed by atoms with Gasteiger partial charge >= 0.3 is 6.03 Å². The number of hydrogen-bond acceptors (Lipinski definition) is 3. The molecule has 2 fully saturated rings. The number of benzene rings is 1. The molecule has 0 spiro atoms. The van der Waals surface area contributed by atoms with Gasteiger partial charge in [-0.1, -0.05) is 6.92 Å². The first kappa shape index (κ1) is 16.6. The number of anilines is 2. The van der Waals surface area contributed by atoms with Crippen molar-refractivity contribution in [3.05, 3.63) is 24.3 Å². The fourth-order valence-corrected chi connectivity index (χ4v) is 3.41. The average molecular weight is 330 g/mol. The van der Waals surface area contributed by atoms with Crippen molar-refractivity contribution in [3.63, 3.8) is 0 Å². The maximum atomic E-state index is 12.1. The van der Waals surface area contributed by atoms with Crippen molar-refractivity contribution in [1.82, 2.24) is 10.2 Å². The van der Waals surface area contributed by atoms with Gasteiger partial charge in [0.1, 0.15) is 0 Å². The van der Waals surface area contributed by atoms with Gasteiger partial charge in [-0.15, -0.1) is 0 Å². The third kappa shape index (κ3) is 3.99. The van der Waals surface area contributed by atoms with Gasteiger partial charge in [0.2, 0.25) is 5.91 Å². The zero-order valence-corrected chi connectivity index (χ0v) is 14.4. The van der Waals surface area contributed by atoms with Gasteiger partial charge in [-0.05, 0) is 43.0 Å². The number of carbonyl (C=O) groups excluding carboxylic acids is 2. The average Bonchev–Trinajstić information content (AvgIpc) is 2.98. The minimum atomic E-state index is -0.217. The third-order valence-corrected chi connectivity index (χ3v) is 4.88. The highest BCUT2D eigenvalue weighted by atomic mass is 16.2. The molecule has 0 bridgehead atoms. The molecule has 0 radical (unpaired) electrons. The highest BCUT2D eigenvalue weighted by Crippen LogP contribution is 2.24. The minimum absolute atomic E-state index is 0.0121. The predicted molar refractivity (Wildman–Crippen MR) is 95.2 cm³/mol. The predicted octanol–water partition coefficient (Wildman–Crippen LogP) is 2.28. The topological polar surface area (TPSA) is 64.7 Å². The zero-order valence-electron chi connectivity index (χ0n) is 14.4. The van der Waals surface area contributed by atoms with Crippen molar-refractivity contribution in [2.75, 3.05) is 36.9 Å². The van der Waals surface area contributed by atoms with Crippen LogP contribution in [0, 0.1) is 5.92 Å². The summed E-state index contributed by atoms with van der Waals surface area (Å²) in [4.78, 5) is 27.6. The molecule has 0 aromatic heterocycles. The first-order valence-corrected chi connectivity index (χ1v) is 8.68. The Hall–Kier alpha value is -2.24. The number of carbonyl (C=O) groups is 2. The smallest absolute Gasteiger partial charge is 0.319 e. The Bertz CT molecular complexity index is 602. The Labute approximate surface area is 143 Å². The normalized spacial score (nSPS) is 24.2. The molecule has 2 atom stereocenters. The maximum absolute atomic E-state index is 12.1. The number of urea groups is 1. The molecule has 3 rings (SSSR count). The fraction of sp³-hybridized carbons (Fsp3) is 0.556. The summed E-state index contributed by atoms with van der Waals surface area (Å²) >= 11 is 0. The fourth-order valence-electron chi connectivity index (χ4n) is 3.41. The van der Waals surface area contributed by atoms with Crippen LogP contribution in [0.4, 0.5) is 16.2 Å². The van der Waals surface area contributed by atoms with Crippen LogP contribution in [0.15, 0.2) is 24.3 Å². The molecule has 130 valence electrons. The molecule has 6 heteroatoms. The molecule has 2 heterocycles. The van der Waals surface area contributed by atoms with E-state index in [9.17, 15) is 9.59 Å². The summed E-state index contributed by atoms with van der Waals surface area (Å²) in [7, 11) is 1.77. The van der Waals surface area contributed by atoms with Gasteiger partial charge in [0.15, 0.2) is 0 Å². The number of hydrogen-bond donors (Lipinski definition) is 2. The summed E-state index contributed by atoms with van der Waals surface area (Å²) < 4.78 is 0. The van der Waals surface area contributed by atoms with Gasteiger partial charge in [0, 0.05) is 50.5 Å². The number of likely N-dealkylation sites (N-methyl/N-ethyl adjacent to an activating group) is 1. The Balaban J connectivity index is 1.50. The van der Waals surface area contributed by atoms with Crippen LogP contribution >= 0.6 is 0 Å². The van der Waals surface area contributed by atoms with Crippen LogP contribution in [0.1, 0.15) is 26.2 Å². The van der Waals surface area contributed by atoms with Gasteiger partial charge in [-0.25, -0.2) is 4.79 Å². The first-order chi connectivity index (χ1) is 11.5. The lowest BCUT2D eigenvalue weighted by Gasteiger charge is -2.30. The van der Waals surface area contributed by atoms with Crippen LogP contribution in [0.2, 0.25) is 0 Å². The third-order valence-electron chi connectivity index (χ3n) is 4.88. The van der Waals surface area contributed by atoms with Crippen LogP contribution < -0.4 is 15.5 Å². The van der Waals surface area contributed by atoms with E-state index in [0.29, 0.717) is 19.4 Å². The van der Waals surface area contributed by atoms with Crippen LogP contribution in [0.5, 0.6) is 0 Å². The Morgan fingerprint density at radius 3 is 2.54 bits per heavy atom. The minimum Gasteiger partial charge on any atom is -0.371 e. The van der Waals surface area contributed by atoms with E-state index in [-0.39, 0.29) is 18.0 Å². The summed E-state index contributed by atoms with van der Waals surface area (Å²) in [6.07, 6.45) is 2.42. The molecule has 2 aliphatic heterocycles. The van der Waals surface area contributed by atoms with Gasteiger partial charge in [0.25, 0.3) is 0 Å². The zero-order chi connectivity index (χ0) is 17.1. The van der Waals surface area contributed by atoms with E-state index < -0.39 is 0 Å². The van der Waals surface area contributed by atoms with Gasteiger partial charge in [0.05, 0.1) is 0 Å². The lowest BCUT2D eigenvalue weighted by atomic mass is 10.1. The van der Waals surface area contributed by atoms with Crippen molar-refractivity contribution in [3.8, 4) is 0 Å². The van der Waals surface area contributed by atoms with Gasteiger partial charge < -0.3 is 20.4 Å². The number of rotatable bonds is 3. The molecule has 2 saturated heterocycles. The molecule has 24 heavy (non-hydrogen) atoms. The number of nitrogens with zero attached hydrogens (tertiary/aromatic N) is 2. The number of piperidine rings is 1. The van der Waals surface area contributed by atoms with E-state index in [1.807, 2.05) is 12.1 Å². The standard InChI is InChI=1S/C18H26N4O2/c1-13-9-10-22(11-13)16-6-3-14(4-7-16)19-18(24)20-15-5-8-17(23)21(2)12-15/h3-4,6-7,13,15H,5,8-12H2,1-2H3,(H2,19,20,24)/t13-,15+/m1/s1. The molecule has 1 aromatic rings. The van der Waals surface area contributed by atoms with Crippen LogP contribution in [0.25, 0.3) is 0 Å². The number of amides is 3. The molecule has 0 unspecified atom stereocenters. The van der Waals surface area contributed by atoms with Crippen LogP contribution in [0.3, 0.4) is 0 Å². The summed E-state index contributed by atoms with van der Waals surface area (Å²) in [6.45, 7) is 5.04. The molecule has 1 aromatic carbocycles. The molecule has 3 amide bonds. The van der Waals surface area contributed by atoms with Crippen LogP contribution in [-0.4, -0.2) is 49.6 Å². The Morgan fingerprint density at radius 1 is 1.17 bits per heavy atom. The van der Waals surface area contributed by atoms with Gasteiger partial charge in [-0.2, -0.15) is 0 Å². The summed E-state index contributed by atoms with van der Waals surface area (Å²) in [5.41, 5.74) is 1.99. The molecule has 0 saturated carbocycles. The summed E-state index contributed by atoms with van der Waals surface area (Å²) in [5, 5.41) is 5.81. The molecule has 2 N–H and O–H groups in total. The first-order valence-electron chi connectivity index (χ1n) is 8.68. The lowest BCUT2D eigenvalue weighted by Crippen LogP contribution is -2.49. The van der Waals surface area contributed by atoms with Crippen molar-refractivity contribution >= 4 is 23.3 Å². The van der Waals surface area contributed by atoms with E-state index in [0.717, 1.165) is 24.7 Å². The number of likely N-dealkylation sites (tertiary alicyclic amines) is 1. The van der Waals surface area contributed by atoms with Crippen molar-refractivity contribution in [2.45, 2.75) is 32.2 Å². The number of nitrogens with one attached hydrogen (secondary N) is 2. The van der Waals surface area contributed by atoms with E-state index in [2.05, 4.69) is 34.6 Å². The summed E-state index contributed by atoms with van der Waals surface area (Å²) in [5.74, 6) is 0.884. The molecule has 0 aliphatic carbocycles. The molecule has 2 aliphatic rings. The van der Waals surface area contributed by atoms with E-state index in [1.54, 1.807) is 11.9 Å². The second-order valence-electron chi connectivity index (χ2n) is 7.00. The second kappa shape index (κ2) is 7.11. The summed E-state index contributed by atoms with van der Waals surface area (Å²) in [6, 6.07) is 7.79. The Morgan fingerprint density at radius 2 is 1.92 bits per heavy atom. The molecule has 6 nitrogen and oxygen atoms in total. The quantitative estimate of drug-likeness (QED) is 0.893. The van der Waals surface area contributed by atoms with Crippen LogP contribution in [-0.2, 0) is 4.79 Å². The Kier molecular flexibility index (Phi) is 4.92. The molecular formula is C18H26N4O2. The van der Waals surface area contributed by atoms with Crippen molar-refractivity contribution in [1.29, 1.82) is 0 Å². The molecular weight excluding hydrogens is 304 g/mol. The van der Waals surface area contributed by atoms with Gasteiger partial charge in [-0.3, -0.25) is 4.79 Å². The lowest BCUT2D eigenvalue weighted by molar-refractivity contribution is -0.132. The second-order valence-corrected chi connectivity index (χ2v) is 7.00. The monoisotopic (exact) mass is 330 g/mol.